The highest BCUT2D eigenvalue weighted by Crippen LogP contribution is 2.18. The van der Waals surface area contributed by atoms with Crippen molar-refractivity contribution in [1.29, 1.82) is 0 Å². The van der Waals surface area contributed by atoms with Crippen LogP contribution in [0.15, 0.2) is 77.4 Å². The van der Waals surface area contributed by atoms with Gasteiger partial charge in [0.25, 0.3) is 5.91 Å². The zero-order chi connectivity index (χ0) is 18.4. The van der Waals surface area contributed by atoms with Crippen molar-refractivity contribution in [3.63, 3.8) is 0 Å². The first-order valence-electron chi connectivity index (χ1n) is 7.97. The number of hydrogen-bond acceptors (Lipinski definition) is 4. The lowest BCUT2D eigenvalue weighted by molar-refractivity contribution is 0.0949. The van der Waals surface area contributed by atoms with Crippen LogP contribution in [0.1, 0.15) is 21.7 Å². The van der Waals surface area contributed by atoms with Crippen LogP contribution in [0, 0.1) is 0 Å². The third kappa shape index (κ3) is 4.73. The molecule has 7 heteroatoms. The average molecular weight is 370 g/mol. The predicted octanol–water partition coefficient (Wildman–Crippen LogP) is 3.15. The molecule has 0 saturated heterocycles. The highest BCUT2D eigenvalue weighted by atomic mass is 32.2. The summed E-state index contributed by atoms with van der Waals surface area (Å²) in [6.07, 6.45) is 1.52. The zero-order valence-electron chi connectivity index (χ0n) is 13.9. The van der Waals surface area contributed by atoms with E-state index in [0.717, 1.165) is 0 Å². The van der Waals surface area contributed by atoms with Gasteiger partial charge in [0.1, 0.15) is 5.76 Å². The summed E-state index contributed by atoms with van der Waals surface area (Å²) in [5.74, 6) is 0.0517. The highest BCUT2D eigenvalue weighted by Gasteiger charge is 2.17. The fourth-order valence-corrected chi connectivity index (χ4v) is 3.66. The first-order valence-corrected chi connectivity index (χ1v) is 9.63. The molecule has 2 aromatic carbocycles. The standard InChI is InChI=1S/C19H18N2O4S/c22-19(20-13-16-9-6-12-25-16)17-10-4-5-11-18(17)21-26(23,24)14-15-7-2-1-3-8-15/h1-12,21H,13-14H2,(H,20,22). The molecule has 0 radical (unpaired) electrons. The minimum Gasteiger partial charge on any atom is -0.467 e. The molecule has 26 heavy (non-hydrogen) atoms. The third-order valence-electron chi connectivity index (χ3n) is 3.64. The molecule has 134 valence electrons. The molecule has 0 aliphatic carbocycles. The lowest BCUT2D eigenvalue weighted by atomic mass is 10.1. The van der Waals surface area contributed by atoms with Gasteiger partial charge in [0.05, 0.1) is 29.8 Å². The van der Waals surface area contributed by atoms with Gasteiger partial charge in [0.15, 0.2) is 0 Å². The number of rotatable bonds is 7. The van der Waals surface area contributed by atoms with Crippen molar-refractivity contribution >= 4 is 21.6 Å². The Hall–Kier alpha value is -3.06. The number of hydrogen-bond donors (Lipinski definition) is 2. The Labute approximate surface area is 151 Å². The summed E-state index contributed by atoms with van der Waals surface area (Å²) in [5, 5.41) is 2.71. The molecule has 0 unspecified atom stereocenters. The van der Waals surface area contributed by atoms with E-state index in [1.807, 2.05) is 6.07 Å². The van der Waals surface area contributed by atoms with Gasteiger partial charge in [0.2, 0.25) is 10.0 Å². The molecule has 0 saturated carbocycles. The molecule has 3 aromatic rings. The zero-order valence-corrected chi connectivity index (χ0v) is 14.7. The number of sulfonamides is 1. The normalized spacial score (nSPS) is 11.1. The molecular formula is C19H18N2O4S. The molecule has 0 spiro atoms. The van der Waals surface area contributed by atoms with Crippen LogP contribution in [0.4, 0.5) is 5.69 Å². The van der Waals surface area contributed by atoms with Gasteiger partial charge in [-0.1, -0.05) is 42.5 Å². The number of benzene rings is 2. The Balaban J connectivity index is 1.73. The summed E-state index contributed by atoms with van der Waals surface area (Å²) >= 11 is 0. The fourth-order valence-electron chi connectivity index (χ4n) is 2.44. The van der Waals surface area contributed by atoms with Crippen molar-refractivity contribution < 1.29 is 17.6 Å². The number of nitrogens with one attached hydrogen (secondary N) is 2. The van der Waals surface area contributed by atoms with Crippen molar-refractivity contribution in [2.24, 2.45) is 0 Å². The first-order chi connectivity index (χ1) is 12.5. The van der Waals surface area contributed by atoms with Crippen LogP contribution in [-0.2, 0) is 22.3 Å². The fraction of sp³-hybridized carbons (Fsp3) is 0.105. The van der Waals surface area contributed by atoms with E-state index in [1.165, 1.54) is 6.26 Å². The van der Waals surface area contributed by atoms with E-state index in [9.17, 15) is 13.2 Å². The average Bonchev–Trinajstić information content (AvgIpc) is 3.14. The van der Waals surface area contributed by atoms with Gasteiger partial charge in [-0.25, -0.2) is 8.42 Å². The maximum atomic E-state index is 12.4. The van der Waals surface area contributed by atoms with Gasteiger partial charge in [0, 0.05) is 0 Å². The van der Waals surface area contributed by atoms with Crippen molar-refractivity contribution in [2.75, 3.05) is 4.72 Å². The molecule has 1 amide bonds. The lowest BCUT2D eigenvalue weighted by Crippen LogP contribution is -2.25. The van der Waals surface area contributed by atoms with E-state index in [4.69, 9.17) is 4.42 Å². The Morgan fingerprint density at radius 1 is 0.923 bits per heavy atom. The second-order valence-electron chi connectivity index (χ2n) is 5.65. The van der Waals surface area contributed by atoms with Crippen LogP contribution in [0.5, 0.6) is 0 Å². The number of carbonyl (C=O) groups excluding carboxylic acids is 1. The SMILES string of the molecule is O=C(NCc1ccco1)c1ccccc1NS(=O)(=O)Cc1ccccc1. The summed E-state index contributed by atoms with van der Waals surface area (Å²) in [6, 6.07) is 18.8. The molecule has 6 nitrogen and oxygen atoms in total. The maximum absolute atomic E-state index is 12.4. The monoisotopic (exact) mass is 370 g/mol. The van der Waals surface area contributed by atoms with E-state index in [-0.39, 0.29) is 29.5 Å². The van der Waals surface area contributed by atoms with Gasteiger partial charge in [-0.3, -0.25) is 9.52 Å². The molecule has 0 aliphatic heterocycles. The topological polar surface area (TPSA) is 88.4 Å². The van der Waals surface area contributed by atoms with Crippen LogP contribution in [0.3, 0.4) is 0 Å². The first kappa shape index (κ1) is 17.8. The number of anilines is 1. The van der Waals surface area contributed by atoms with Crippen LogP contribution < -0.4 is 10.0 Å². The van der Waals surface area contributed by atoms with Crippen molar-refractivity contribution in [1.82, 2.24) is 5.32 Å². The van der Waals surface area contributed by atoms with Crippen LogP contribution in [-0.4, -0.2) is 14.3 Å². The second kappa shape index (κ2) is 7.88. The molecular weight excluding hydrogens is 352 g/mol. The van der Waals surface area contributed by atoms with Crippen molar-refractivity contribution in [2.45, 2.75) is 12.3 Å². The van der Waals surface area contributed by atoms with E-state index in [0.29, 0.717) is 11.3 Å². The smallest absolute Gasteiger partial charge is 0.253 e. The van der Waals surface area contributed by atoms with E-state index < -0.39 is 10.0 Å². The molecule has 0 aliphatic rings. The Kier molecular flexibility index (Phi) is 5.38. The van der Waals surface area contributed by atoms with Crippen LogP contribution in [0.2, 0.25) is 0 Å². The Bertz CT molecular complexity index is 968. The van der Waals surface area contributed by atoms with E-state index >= 15 is 0 Å². The van der Waals surface area contributed by atoms with Gasteiger partial charge in [-0.2, -0.15) is 0 Å². The van der Waals surface area contributed by atoms with E-state index in [1.54, 1.807) is 60.7 Å². The summed E-state index contributed by atoms with van der Waals surface area (Å²) in [5.41, 5.74) is 1.15. The summed E-state index contributed by atoms with van der Waals surface area (Å²) in [6.45, 7) is 0.219. The van der Waals surface area contributed by atoms with Gasteiger partial charge >= 0.3 is 0 Å². The number of para-hydroxylation sites is 1. The Morgan fingerprint density at radius 3 is 2.38 bits per heavy atom. The van der Waals surface area contributed by atoms with Gasteiger partial charge in [-0.05, 0) is 29.8 Å². The molecule has 1 heterocycles. The summed E-state index contributed by atoms with van der Waals surface area (Å²) < 4.78 is 32.5. The van der Waals surface area contributed by atoms with Crippen LogP contribution in [0.25, 0.3) is 0 Å². The van der Waals surface area contributed by atoms with Crippen molar-refractivity contribution in [3.8, 4) is 0 Å². The third-order valence-corrected chi connectivity index (χ3v) is 4.88. The van der Waals surface area contributed by atoms with Gasteiger partial charge < -0.3 is 9.73 Å². The van der Waals surface area contributed by atoms with Gasteiger partial charge in [-0.15, -0.1) is 0 Å². The minimum absolute atomic E-state index is 0.170. The largest absolute Gasteiger partial charge is 0.467 e. The molecule has 0 fully saturated rings. The predicted molar refractivity (Wildman–Crippen MR) is 99.0 cm³/mol. The highest BCUT2D eigenvalue weighted by molar-refractivity contribution is 7.91. The minimum atomic E-state index is -3.65. The van der Waals surface area contributed by atoms with Crippen LogP contribution >= 0.6 is 0 Å². The maximum Gasteiger partial charge on any atom is 0.253 e. The molecule has 0 atom stereocenters. The quantitative estimate of drug-likeness (QED) is 0.669. The number of amides is 1. The lowest BCUT2D eigenvalue weighted by Gasteiger charge is -2.12. The molecule has 1 aromatic heterocycles. The molecule has 0 bridgehead atoms. The summed E-state index contributed by atoms with van der Waals surface area (Å²) in [7, 11) is -3.65. The second-order valence-corrected chi connectivity index (χ2v) is 7.38. The van der Waals surface area contributed by atoms with E-state index in [2.05, 4.69) is 10.0 Å². The summed E-state index contributed by atoms with van der Waals surface area (Å²) in [4.78, 5) is 12.4. The number of furan rings is 1. The number of carbonyl (C=O) groups is 1. The van der Waals surface area contributed by atoms with Crippen molar-refractivity contribution in [3.05, 3.63) is 89.9 Å². The molecule has 3 rings (SSSR count). The molecule has 2 N–H and O–H groups in total. The Morgan fingerprint density at radius 2 is 1.65 bits per heavy atom.